The number of hydrogen-bond donors (Lipinski definition) is 0. The van der Waals surface area contributed by atoms with Gasteiger partial charge in [-0.3, -0.25) is 0 Å². The SMILES string of the molecule is CCOC(=O)c1coc(-c2ccnnc2)n1. The van der Waals surface area contributed by atoms with Crippen LogP contribution >= 0.6 is 0 Å². The molecular weight excluding hydrogens is 210 g/mol. The second-order valence-electron chi connectivity index (χ2n) is 2.89. The fourth-order valence-corrected chi connectivity index (χ4v) is 1.12. The lowest BCUT2D eigenvalue weighted by atomic mass is 10.3. The molecule has 0 amide bonds. The van der Waals surface area contributed by atoms with Gasteiger partial charge in [-0.15, -0.1) is 0 Å². The Hall–Kier alpha value is -2.24. The van der Waals surface area contributed by atoms with Crippen molar-refractivity contribution < 1.29 is 13.9 Å². The molecule has 0 spiro atoms. The van der Waals surface area contributed by atoms with Crippen LogP contribution in [0.2, 0.25) is 0 Å². The third-order valence-electron chi connectivity index (χ3n) is 1.82. The van der Waals surface area contributed by atoms with Gasteiger partial charge in [-0.05, 0) is 13.0 Å². The highest BCUT2D eigenvalue weighted by molar-refractivity contribution is 5.87. The maximum atomic E-state index is 11.3. The number of ether oxygens (including phenoxy) is 1. The van der Waals surface area contributed by atoms with E-state index in [1.54, 1.807) is 13.0 Å². The number of carbonyl (C=O) groups excluding carboxylic acids is 1. The average molecular weight is 219 g/mol. The largest absolute Gasteiger partial charge is 0.461 e. The zero-order valence-electron chi connectivity index (χ0n) is 8.58. The average Bonchev–Trinajstić information content (AvgIpc) is 2.80. The lowest BCUT2D eigenvalue weighted by Crippen LogP contribution is -2.04. The standard InChI is InChI=1S/C10H9N3O3/c1-2-15-10(14)8-6-16-9(13-8)7-3-4-11-12-5-7/h3-6H,2H2,1H3. The van der Waals surface area contributed by atoms with Gasteiger partial charge in [-0.1, -0.05) is 0 Å². The van der Waals surface area contributed by atoms with Crippen molar-refractivity contribution in [1.29, 1.82) is 0 Å². The highest BCUT2D eigenvalue weighted by Crippen LogP contribution is 2.16. The fourth-order valence-electron chi connectivity index (χ4n) is 1.12. The van der Waals surface area contributed by atoms with Crippen LogP contribution in [-0.2, 0) is 4.74 Å². The summed E-state index contributed by atoms with van der Waals surface area (Å²) in [5, 5.41) is 7.32. The molecule has 0 N–H and O–H groups in total. The molecule has 0 radical (unpaired) electrons. The second kappa shape index (κ2) is 4.52. The van der Waals surface area contributed by atoms with Crippen molar-refractivity contribution in [2.75, 3.05) is 6.61 Å². The van der Waals surface area contributed by atoms with Crippen molar-refractivity contribution in [1.82, 2.24) is 15.2 Å². The van der Waals surface area contributed by atoms with Gasteiger partial charge in [0.1, 0.15) is 6.26 Å². The van der Waals surface area contributed by atoms with Crippen molar-refractivity contribution >= 4 is 5.97 Å². The Labute approximate surface area is 91.3 Å². The summed E-state index contributed by atoms with van der Waals surface area (Å²) in [5.41, 5.74) is 0.805. The first kappa shape index (κ1) is 10.3. The summed E-state index contributed by atoms with van der Waals surface area (Å²) >= 11 is 0. The Morgan fingerprint density at radius 3 is 3.06 bits per heavy atom. The molecule has 0 fully saturated rings. The van der Waals surface area contributed by atoms with Gasteiger partial charge < -0.3 is 9.15 Å². The summed E-state index contributed by atoms with van der Waals surface area (Å²) < 4.78 is 9.93. The van der Waals surface area contributed by atoms with Gasteiger partial charge >= 0.3 is 5.97 Å². The minimum Gasteiger partial charge on any atom is -0.461 e. The highest BCUT2D eigenvalue weighted by Gasteiger charge is 2.14. The lowest BCUT2D eigenvalue weighted by Gasteiger charge is -1.95. The van der Waals surface area contributed by atoms with Crippen LogP contribution in [0.15, 0.2) is 29.1 Å². The van der Waals surface area contributed by atoms with E-state index in [1.807, 2.05) is 0 Å². The van der Waals surface area contributed by atoms with Crippen molar-refractivity contribution in [3.63, 3.8) is 0 Å². The van der Waals surface area contributed by atoms with Gasteiger partial charge in [0, 0.05) is 0 Å². The Balaban J connectivity index is 2.23. The molecule has 2 heterocycles. The van der Waals surface area contributed by atoms with Crippen LogP contribution in [0.5, 0.6) is 0 Å². The lowest BCUT2D eigenvalue weighted by molar-refractivity contribution is 0.0519. The quantitative estimate of drug-likeness (QED) is 0.724. The molecular formula is C10H9N3O3. The first-order valence-electron chi connectivity index (χ1n) is 4.71. The predicted octanol–water partition coefficient (Wildman–Crippen LogP) is 1.31. The van der Waals surface area contributed by atoms with Crippen molar-refractivity contribution in [2.24, 2.45) is 0 Å². The van der Waals surface area contributed by atoms with E-state index in [4.69, 9.17) is 9.15 Å². The molecule has 16 heavy (non-hydrogen) atoms. The normalized spacial score (nSPS) is 10.1. The Bertz CT molecular complexity index is 481. The van der Waals surface area contributed by atoms with Gasteiger partial charge in [0.2, 0.25) is 5.89 Å². The van der Waals surface area contributed by atoms with E-state index >= 15 is 0 Å². The van der Waals surface area contributed by atoms with Crippen LogP contribution < -0.4 is 0 Å². The van der Waals surface area contributed by atoms with Gasteiger partial charge in [0.15, 0.2) is 5.69 Å². The van der Waals surface area contributed by atoms with E-state index in [9.17, 15) is 4.79 Å². The van der Waals surface area contributed by atoms with Crippen LogP contribution in [0.25, 0.3) is 11.5 Å². The third-order valence-corrected chi connectivity index (χ3v) is 1.82. The number of rotatable bonds is 3. The summed E-state index contributed by atoms with van der Waals surface area (Å²) in [7, 11) is 0. The monoisotopic (exact) mass is 219 g/mol. The predicted molar refractivity (Wildman–Crippen MR) is 53.5 cm³/mol. The molecule has 2 rings (SSSR count). The molecule has 82 valence electrons. The molecule has 0 saturated carbocycles. The van der Waals surface area contributed by atoms with Crippen LogP contribution in [0.1, 0.15) is 17.4 Å². The van der Waals surface area contributed by atoms with Gasteiger partial charge in [-0.25, -0.2) is 9.78 Å². The molecule has 0 aromatic carbocycles. The molecule has 0 aliphatic heterocycles. The molecule has 6 nitrogen and oxygen atoms in total. The van der Waals surface area contributed by atoms with Crippen molar-refractivity contribution in [2.45, 2.75) is 6.92 Å². The molecule has 2 aromatic heterocycles. The van der Waals surface area contributed by atoms with Gasteiger partial charge in [0.25, 0.3) is 0 Å². The van der Waals surface area contributed by atoms with E-state index in [2.05, 4.69) is 15.2 Å². The molecule has 0 bridgehead atoms. The first-order valence-corrected chi connectivity index (χ1v) is 4.71. The number of oxazole rings is 1. The van der Waals surface area contributed by atoms with Crippen LogP contribution in [0, 0.1) is 0 Å². The maximum Gasteiger partial charge on any atom is 0.360 e. The minimum atomic E-state index is -0.500. The molecule has 0 atom stereocenters. The number of nitrogens with zero attached hydrogens (tertiary/aromatic N) is 3. The minimum absolute atomic E-state index is 0.147. The van der Waals surface area contributed by atoms with Gasteiger partial charge in [-0.2, -0.15) is 10.2 Å². The van der Waals surface area contributed by atoms with E-state index < -0.39 is 5.97 Å². The molecule has 6 heteroatoms. The topological polar surface area (TPSA) is 78.1 Å². The smallest absolute Gasteiger partial charge is 0.360 e. The number of hydrogen-bond acceptors (Lipinski definition) is 6. The number of carbonyl (C=O) groups is 1. The van der Waals surface area contributed by atoms with E-state index in [0.29, 0.717) is 18.1 Å². The fraction of sp³-hybridized carbons (Fsp3) is 0.200. The maximum absolute atomic E-state index is 11.3. The second-order valence-corrected chi connectivity index (χ2v) is 2.89. The van der Waals surface area contributed by atoms with Crippen molar-refractivity contribution in [3.05, 3.63) is 30.4 Å². The van der Waals surface area contributed by atoms with E-state index in [0.717, 1.165) is 0 Å². The molecule has 2 aromatic rings. The third kappa shape index (κ3) is 2.05. The molecule has 0 aliphatic rings. The molecule has 0 aliphatic carbocycles. The summed E-state index contributed by atoms with van der Waals surface area (Å²) in [5.74, 6) is -0.183. The summed E-state index contributed by atoms with van der Waals surface area (Å²) in [6.07, 6.45) is 4.28. The Morgan fingerprint density at radius 2 is 2.38 bits per heavy atom. The van der Waals surface area contributed by atoms with E-state index in [1.165, 1.54) is 18.7 Å². The zero-order valence-corrected chi connectivity index (χ0v) is 8.58. The summed E-state index contributed by atoms with van der Waals surface area (Å²) in [6, 6.07) is 1.69. The Kier molecular flexibility index (Phi) is 2.90. The molecule has 0 saturated heterocycles. The first-order chi connectivity index (χ1) is 7.81. The summed E-state index contributed by atoms with van der Waals surface area (Å²) in [6.45, 7) is 2.03. The Morgan fingerprint density at radius 1 is 1.50 bits per heavy atom. The van der Waals surface area contributed by atoms with Crippen molar-refractivity contribution in [3.8, 4) is 11.5 Å². The molecule has 0 unspecified atom stereocenters. The number of esters is 1. The summed E-state index contributed by atoms with van der Waals surface area (Å²) in [4.78, 5) is 15.3. The van der Waals surface area contributed by atoms with Gasteiger partial charge in [0.05, 0.1) is 24.6 Å². The number of aromatic nitrogens is 3. The van der Waals surface area contributed by atoms with Crippen LogP contribution in [-0.4, -0.2) is 27.8 Å². The van der Waals surface area contributed by atoms with Crippen LogP contribution in [0.3, 0.4) is 0 Å². The highest BCUT2D eigenvalue weighted by atomic mass is 16.5. The zero-order chi connectivity index (χ0) is 11.4. The van der Waals surface area contributed by atoms with E-state index in [-0.39, 0.29) is 5.69 Å². The van der Waals surface area contributed by atoms with Crippen LogP contribution in [0.4, 0.5) is 0 Å².